The third kappa shape index (κ3) is 6.24. The van der Waals surface area contributed by atoms with Gasteiger partial charge >= 0.3 is 0 Å². The average Bonchev–Trinajstić information content (AvgIpc) is 2.88. The van der Waals surface area contributed by atoms with Gasteiger partial charge in [-0.05, 0) is 97.1 Å². The van der Waals surface area contributed by atoms with Crippen LogP contribution < -0.4 is 10.6 Å². The summed E-state index contributed by atoms with van der Waals surface area (Å²) in [6.45, 7) is 5.75. The lowest BCUT2D eigenvalue weighted by Crippen LogP contribution is -2.12. The molecule has 0 atom stereocenters. The quantitative estimate of drug-likeness (QED) is 0.176. The number of carbonyl (C=O) groups is 2. The number of anilines is 2. The van der Waals surface area contributed by atoms with Crippen LogP contribution in [0.3, 0.4) is 0 Å². The van der Waals surface area contributed by atoms with E-state index in [2.05, 4.69) is 10.6 Å². The molecule has 0 aliphatic rings. The molecule has 6 heteroatoms. The van der Waals surface area contributed by atoms with Crippen molar-refractivity contribution in [1.29, 1.82) is 0 Å². The maximum atomic E-state index is 12.6. The number of carbonyl (C=O) groups excluding carboxylic acids is 2. The molecule has 4 aromatic rings. The first kappa shape index (κ1) is 25.3. The van der Waals surface area contributed by atoms with Crippen molar-refractivity contribution in [3.05, 3.63) is 118 Å². The lowest BCUT2D eigenvalue weighted by Gasteiger charge is -2.09. The number of aromatic hydroxyl groups is 2. The van der Waals surface area contributed by atoms with Crippen LogP contribution in [0.5, 0.6) is 11.5 Å². The number of allylic oxidation sites excluding steroid dienone is 1. The molecule has 0 bridgehead atoms. The van der Waals surface area contributed by atoms with E-state index in [0.29, 0.717) is 22.5 Å². The van der Waals surface area contributed by atoms with E-state index in [-0.39, 0.29) is 23.3 Å². The van der Waals surface area contributed by atoms with E-state index in [1.807, 2.05) is 51.1 Å². The molecule has 0 aliphatic carbocycles. The van der Waals surface area contributed by atoms with Crippen molar-refractivity contribution in [2.75, 3.05) is 10.6 Å². The first-order valence-electron chi connectivity index (χ1n) is 11.8. The van der Waals surface area contributed by atoms with Crippen molar-refractivity contribution in [2.45, 2.75) is 20.8 Å². The second-order valence-electron chi connectivity index (χ2n) is 8.98. The molecule has 0 aliphatic heterocycles. The van der Waals surface area contributed by atoms with Gasteiger partial charge in [0, 0.05) is 11.1 Å². The molecule has 4 aromatic carbocycles. The summed E-state index contributed by atoms with van der Waals surface area (Å²) >= 11 is 0. The highest BCUT2D eigenvalue weighted by molar-refractivity contribution is 6.06. The van der Waals surface area contributed by atoms with Gasteiger partial charge in [-0.25, -0.2) is 0 Å². The molecule has 0 spiro atoms. The molecule has 0 saturated heterocycles. The van der Waals surface area contributed by atoms with Crippen LogP contribution in [0.1, 0.15) is 49.9 Å². The molecule has 186 valence electrons. The van der Waals surface area contributed by atoms with E-state index in [1.165, 1.54) is 0 Å². The molecule has 0 aromatic heterocycles. The molecule has 0 radical (unpaired) electrons. The first-order valence-corrected chi connectivity index (χ1v) is 11.8. The molecular weight excluding hydrogens is 464 g/mol. The molecule has 6 nitrogen and oxygen atoms in total. The lowest BCUT2D eigenvalue weighted by atomic mass is 10.0. The zero-order valence-corrected chi connectivity index (χ0v) is 20.9. The Bertz CT molecular complexity index is 1490. The third-order valence-electron chi connectivity index (χ3n) is 5.96. The number of hydrogen-bond acceptors (Lipinski definition) is 4. The van der Waals surface area contributed by atoms with Gasteiger partial charge in [-0.1, -0.05) is 42.5 Å². The highest BCUT2D eigenvalue weighted by Crippen LogP contribution is 2.26. The number of amides is 2. The molecule has 37 heavy (non-hydrogen) atoms. The predicted octanol–water partition coefficient (Wildman–Crippen LogP) is 6.78. The van der Waals surface area contributed by atoms with Gasteiger partial charge in [0.05, 0.1) is 11.4 Å². The van der Waals surface area contributed by atoms with E-state index in [0.717, 1.165) is 27.8 Å². The Kier molecular flexibility index (Phi) is 7.39. The van der Waals surface area contributed by atoms with Gasteiger partial charge in [0.1, 0.15) is 11.5 Å². The summed E-state index contributed by atoms with van der Waals surface area (Å²) in [5.74, 6) is -0.569. The zero-order valence-electron chi connectivity index (χ0n) is 20.9. The number of aryl methyl sites for hydroxylation is 2. The lowest BCUT2D eigenvalue weighted by molar-refractivity contribution is 0.101. The molecule has 0 saturated carbocycles. The van der Waals surface area contributed by atoms with Gasteiger partial charge in [-0.15, -0.1) is 0 Å². The summed E-state index contributed by atoms with van der Waals surface area (Å²) < 4.78 is 0. The number of hydrogen-bond donors (Lipinski definition) is 4. The zero-order chi connectivity index (χ0) is 26.5. The Labute approximate surface area is 215 Å². The Morgan fingerprint density at radius 2 is 1.03 bits per heavy atom. The minimum absolute atomic E-state index is 0.0194. The fraction of sp³-hybridized carbons (Fsp3) is 0.0968. The Morgan fingerprint density at radius 1 is 0.622 bits per heavy atom. The summed E-state index contributed by atoms with van der Waals surface area (Å²) in [6, 6.07) is 24.5. The van der Waals surface area contributed by atoms with Crippen molar-refractivity contribution in [3.8, 4) is 11.5 Å². The van der Waals surface area contributed by atoms with Gasteiger partial charge in [-0.3, -0.25) is 9.59 Å². The minimum Gasteiger partial charge on any atom is -0.506 e. The second kappa shape index (κ2) is 10.8. The molecule has 2 amide bonds. The normalized spacial score (nSPS) is 11.2. The minimum atomic E-state index is -0.305. The number of benzene rings is 4. The van der Waals surface area contributed by atoms with Crippen molar-refractivity contribution in [1.82, 2.24) is 0 Å². The maximum Gasteiger partial charge on any atom is 0.255 e. The van der Waals surface area contributed by atoms with E-state index in [9.17, 15) is 19.8 Å². The monoisotopic (exact) mass is 492 g/mol. The average molecular weight is 493 g/mol. The van der Waals surface area contributed by atoms with Crippen LogP contribution in [0.25, 0.3) is 11.6 Å². The van der Waals surface area contributed by atoms with Crippen molar-refractivity contribution < 1.29 is 19.8 Å². The van der Waals surface area contributed by atoms with Crippen LogP contribution in [0.4, 0.5) is 11.4 Å². The Balaban J connectivity index is 1.42. The largest absolute Gasteiger partial charge is 0.506 e. The number of phenolic OH excluding ortho intramolecular Hbond substituents is 2. The van der Waals surface area contributed by atoms with Crippen LogP contribution in [0.15, 0.2) is 84.9 Å². The maximum absolute atomic E-state index is 12.6. The summed E-state index contributed by atoms with van der Waals surface area (Å²) in [5.41, 5.74) is 6.43. The second-order valence-corrected chi connectivity index (χ2v) is 8.98. The highest BCUT2D eigenvalue weighted by Gasteiger charge is 2.11. The van der Waals surface area contributed by atoms with Gasteiger partial charge in [0.25, 0.3) is 11.8 Å². The molecule has 4 rings (SSSR count). The van der Waals surface area contributed by atoms with Gasteiger partial charge in [-0.2, -0.15) is 0 Å². The van der Waals surface area contributed by atoms with Gasteiger partial charge in [0.2, 0.25) is 0 Å². The fourth-order valence-electron chi connectivity index (χ4n) is 3.84. The third-order valence-corrected chi connectivity index (χ3v) is 5.96. The summed E-state index contributed by atoms with van der Waals surface area (Å²) in [5, 5.41) is 25.4. The van der Waals surface area contributed by atoms with Crippen LogP contribution >= 0.6 is 0 Å². The SMILES string of the molecule is C/C(=C/c1ccc(C(=O)Nc2cc(C)ccc2O)cc1)c1ccc(C(=O)Nc2cc(C)ccc2O)cc1. The van der Waals surface area contributed by atoms with Crippen LogP contribution in [-0.2, 0) is 0 Å². The molecule has 0 heterocycles. The summed E-state index contributed by atoms with van der Waals surface area (Å²) in [4.78, 5) is 25.2. The van der Waals surface area contributed by atoms with Gasteiger partial charge < -0.3 is 20.8 Å². The van der Waals surface area contributed by atoms with E-state index in [1.54, 1.807) is 60.7 Å². The predicted molar refractivity (Wildman–Crippen MR) is 148 cm³/mol. The van der Waals surface area contributed by atoms with Crippen molar-refractivity contribution in [3.63, 3.8) is 0 Å². The highest BCUT2D eigenvalue weighted by atomic mass is 16.3. The fourth-order valence-corrected chi connectivity index (χ4v) is 3.84. The van der Waals surface area contributed by atoms with Crippen LogP contribution in [0, 0.1) is 13.8 Å². The van der Waals surface area contributed by atoms with E-state index in [4.69, 9.17) is 0 Å². The number of rotatable bonds is 6. The van der Waals surface area contributed by atoms with E-state index < -0.39 is 0 Å². The summed E-state index contributed by atoms with van der Waals surface area (Å²) in [7, 11) is 0. The van der Waals surface area contributed by atoms with Crippen molar-refractivity contribution in [2.24, 2.45) is 0 Å². The standard InChI is InChI=1S/C31H28N2O4/c1-19-4-14-28(34)26(16-19)32-30(36)24-8-6-22(7-9-24)18-21(3)23-10-12-25(13-11-23)31(37)33-27-17-20(2)5-15-29(27)35/h4-18,34-35H,1-3H3,(H,32,36)(H,33,37)/b21-18-. The van der Waals surface area contributed by atoms with E-state index >= 15 is 0 Å². The van der Waals surface area contributed by atoms with Crippen molar-refractivity contribution >= 4 is 34.8 Å². The summed E-state index contributed by atoms with van der Waals surface area (Å²) in [6.07, 6.45) is 1.99. The Hall–Kier alpha value is -4.84. The molecular formula is C31H28N2O4. The van der Waals surface area contributed by atoms with Crippen LogP contribution in [0.2, 0.25) is 0 Å². The number of nitrogens with one attached hydrogen (secondary N) is 2. The topological polar surface area (TPSA) is 98.7 Å². The molecule has 0 fully saturated rings. The Morgan fingerprint density at radius 3 is 1.49 bits per heavy atom. The smallest absolute Gasteiger partial charge is 0.255 e. The molecule has 0 unspecified atom stereocenters. The molecule has 4 N–H and O–H groups in total. The van der Waals surface area contributed by atoms with Gasteiger partial charge in [0.15, 0.2) is 0 Å². The van der Waals surface area contributed by atoms with Crippen LogP contribution in [-0.4, -0.2) is 22.0 Å². The number of phenols is 2. The first-order chi connectivity index (χ1) is 17.7.